The molecule has 2 aromatic carbocycles. The number of para-hydroxylation sites is 2. The Morgan fingerprint density at radius 2 is 1.78 bits per heavy atom. The first kappa shape index (κ1) is 18.9. The summed E-state index contributed by atoms with van der Waals surface area (Å²) < 4.78 is 5.76. The van der Waals surface area contributed by atoms with Gasteiger partial charge in [-0.1, -0.05) is 29.8 Å². The SMILES string of the molecule is CN=C(NCCOc1ccc(C)cc1)N1CCN(c2ccccc2O)CC1. The molecule has 27 heavy (non-hydrogen) atoms. The molecule has 2 N–H and O–H groups in total. The largest absolute Gasteiger partial charge is 0.506 e. The number of hydrogen-bond donors (Lipinski definition) is 2. The lowest BCUT2D eigenvalue weighted by Crippen LogP contribution is -2.53. The topological polar surface area (TPSA) is 60.3 Å². The minimum absolute atomic E-state index is 0.335. The molecule has 0 atom stereocenters. The van der Waals surface area contributed by atoms with E-state index in [-0.39, 0.29) is 0 Å². The van der Waals surface area contributed by atoms with E-state index in [1.165, 1.54) is 5.56 Å². The van der Waals surface area contributed by atoms with Crippen molar-refractivity contribution in [2.45, 2.75) is 6.92 Å². The fourth-order valence-corrected chi connectivity index (χ4v) is 3.19. The molecule has 0 radical (unpaired) electrons. The highest BCUT2D eigenvalue weighted by Gasteiger charge is 2.21. The van der Waals surface area contributed by atoms with Gasteiger partial charge in [-0.05, 0) is 31.2 Å². The van der Waals surface area contributed by atoms with E-state index in [1.807, 2.05) is 42.5 Å². The summed E-state index contributed by atoms with van der Waals surface area (Å²) in [6, 6.07) is 15.6. The summed E-state index contributed by atoms with van der Waals surface area (Å²) in [5.41, 5.74) is 2.12. The first-order valence-corrected chi connectivity index (χ1v) is 9.35. The second-order valence-corrected chi connectivity index (χ2v) is 6.60. The summed E-state index contributed by atoms with van der Waals surface area (Å²) >= 11 is 0. The second kappa shape index (κ2) is 9.16. The van der Waals surface area contributed by atoms with Gasteiger partial charge in [0, 0.05) is 33.2 Å². The zero-order valence-electron chi connectivity index (χ0n) is 16.1. The lowest BCUT2D eigenvalue weighted by molar-refractivity contribution is 0.315. The number of anilines is 1. The molecule has 6 nitrogen and oxygen atoms in total. The van der Waals surface area contributed by atoms with Gasteiger partial charge in [0.1, 0.15) is 18.1 Å². The van der Waals surface area contributed by atoms with Crippen molar-refractivity contribution in [3.63, 3.8) is 0 Å². The molecule has 144 valence electrons. The van der Waals surface area contributed by atoms with Crippen molar-refractivity contribution >= 4 is 11.6 Å². The van der Waals surface area contributed by atoms with Gasteiger partial charge in [0.15, 0.2) is 5.96 Å². The van der Waals surface area contributed by atoms with Crippen LogP contribution in [0.2, 0.25) is 0 Å². The fraction of sp³-hybridized carbons (Fsp3) is 0.381. The van der Waals surface area contributed by atoms with Crippen LogP contribution in [0.15, 0.2) is 53.5 Å². The van der Waals surface area contributed by atoms with Crippen LogP contribution < -0.4 is 15.0 Å². The molecule has 1 aliphatic rings. The van der Waals surface area contributed by atoms with Crippen LogP contribution in [-0.2, 0) is 0 Å². The molecule has 0 unspecified atom stereocenters. The van der Waals surface area contributed by atoms with Gasteiger partial charge in [-0.15, -0.1) is 0 Å². The van der Waals surface area contributed by atoms with E-state index < -0.39 is 0 Å². The average Bonchev–Trinajstić information content (AvgIpc) is 2.70. The molecule has 3 rings (SSSR count). The highest BCUT2D eigenvalue weighted by molar-refractivity contribution is 5.80. The van der Waals surface area contributed by atoms with Crippen molar-refractivity contribution in [3.05, 3.63) is 54.1 Å². The third-order valence-electron chi connectivity index (χ3n) is 4.69. The quantitative estimate of drug-likeness (QED) is 0.482. The zero-order valence-corrected chi connectivity index (χ0v) is 16.1. The average molecular weight is 368 g/mol. The number of aromatic hydroxyl groups is 1. The number of nitrogens with zero attached hydrogens (tertiary/aromatic N) is 3. The summed E-state index contributed by atoms with van der Waals surface area (Å²) in [5.74, 6) is 2.11. The van der Waals surface area contributed by atoms with Gasteiger partial charge < -0.3 is 25.0 Å². The number of benzene rings is 2. The predicted molar refractivity (Wildman–Crippen MR) is 110 cm³/mol. The predicted octanol–water partition coefficient (Wildman–Crippen LogP) is 2.48. The van der Waals surface area contributed by atoms with E-state index in [0.29, 0.717) is 18.9 Å². The van der Waals surface area contributed by atoms with Crippen molar-refractivity contribution < 1.29 is 9.84 Å². The molecule has 6 heteroatoms. The molecule has 0 aromatic heterocycles. The van der Waals surface area contributed by atoms with Crippen LogP contribution in [0.3, 0.4) is 0 Å². The van der Waals surface area contributed by atoms with Crippen LogP contribution >= 0.6 is 0 Å². The van der Waals surface area contributed by atoms with E-state index in [1.54, 1.807) is 13.1 Å². The number of aryl methyl sites for hydroxylation is 1. The Bertz CT molecular complexity index is 753. The van der Waals surface area contributed by atoms with Crippen molar-refractivity contribution in [3.8, 4) is 11.5 Å². The summed E-state index contributed by atoms with van der Waals surface area (Å²) in [6.07, 6.45) is 0. The zero-order chi connectivity index (χ0) is 19.1. The molecular weight excluding hydrogens is 340 g/mol. The van der Waals surface area contributed by atoms with Gasteiger partial charge >= 0.3 is 0 Å². The molecule has 1 saturated heterocycles. The Balaban J connectivity index is 1.43. The van der Waals surface area contributed by atoms with Crippen molar-refractivity contribution in [1.29, 1.82) is 0 Å². The molecule has 2 aromatic rings. The smallest absolute Gasteiger partial charge is 0.193 e. The molecule has 0 amide bonds. The molecule has 1 aliphatic heterocycles. The number of phenolic OH excluding ortho intramolecular Hbond substituents is 1. The minimum Gasteiger partial charge on any atom is -0.506 e. The Morgan fingerprint density at radius 1 is 1.07 bits per heavy atom. The fourth-order valence-electron chi connectivity index (χ4n) is 3.19. The molecule has 0 bridgehead atoms. The Labute approximate surface area is 161 Å². The highest BCUT2D eigenvalue weighted by atomic mass is 16.5. The maximum absolute atomic E-state index is 10.0. The van der Waals surface area contributed by atoms with Crippen LogP contribution in [-0.4, -0.2) is 62.3 Å². The van der Waals surface area contributed by atoms with E-state index in [9.17, 15) is 5.11 Å². The van der Waals surface area contributed by atoms with Gasteiger partial charge in [0.25, 0.3) is 0 Å². The number of guanidine groups is 1. The summed E-state index contributed by atoms with van der Waals surface area (Å²) in [5, 5.41) is 13.4. The number of aliphatic imine (C=N–C) groups is 1. The number of ether oxygens (including phenoxy) is 1. The van der Waals surface area contributed by atoms with Crippen LogP contribution in [0.25, 0.3) is 0 Å². The molecule has 0 spiro atoms. The van der Waals surface area contributed by atoms with Crippen molar-refractivity contribution in [2.75, 3.05) is 51.3 Å². The summed E-state index contributed by atoms with van der Waals surface area (Å²) in [6.45, 7) is 6.74. The standard InChI is InChI=1S/C21H28N4O2/c1-17-7-9-18(10-8-17)27-16-11-23-21(22-2)25-14-12-24(13-15-25)19-5-3-4-6-20(19)26/h3-10,26H,11-16H2,1-2H3,(H,22,23). The molecule has 0 aliphatic carbocycles. The maximum Gasteiger partial charge on any atom is 0.193 e. The van der Waals surface area contributed by atoms with Crippen LogP contribution in [0.5, 0.6) is 11.5 Å². The molecule has 1 heterocycles. The second-order valence-electron chi connectivity index (χ2n) is 6.60. The minimum atomic E-state index is 0.335. The van der Waals surface area contributed by atoms with Gasteiger partial charge in [-0.2, -0.15) is 0 Å². The third-order valence-corrected chi connectivity index (χ3v) is 4.69. The normalized spacial score (nSPS) is 15.0. The van der Waals surface area contributed by atoms with Crippen molar-refractivity contribution in [2.24, 2.45) is 4.99 Å². The Morgan fingerprint density at radius 3 is 2.44 bits per heavy atom. The van der Waals surface area contributed by atoms with Gasteiger partial charge in [-0.3, -0.25) is 4.99 Å². The van der Waals surface area contributed by atoms with E-state index in [0.717, 1.165) is 43.6 Å². The van der Waals surface area contributed by atoms with Crippen molar-refractivity contribution in [1.82, 2.24) is 10.2 Å². The van der Waals surface area contributed by atoms with Crippen LogP contribution in [0, 0.1) is 6.92 Å². The monoisotopic (exact) mass is 368 g/mol. The van der Waals surface area contributed by atoms with Gasteiger partial charge in [0.05, 0.1) is 12.2 Å². The first-order valence-electron chi connectivity index (χ1n) is 9.35. The number of piperazine rings is 1. The Hall–Kier alpha value is -2.89. The molecular formula is C21H28N4O2. The van der Waals surface area contributed by atoms with Gasteiger partial charge in [0.2, 0.25) is 0 Å². The van der Waals surface area contributed by atoms with Gasteiger partial charge in [-0.25, -0.2) is 0 Å². The lowest BCUT2D eigenvalue weighted by Gasteiger charge is -2.37. The summed E-state index contributed by atoms with van der Waals surface area (Å²) in [4.78, 5) is 8.84. The first-order chi connectivity index (χ1) is 13.2. The third kappa shape index (κ3) is 5.06. The van der Waals surface area contributed by atoms with E-state index >= 15 is 0 Å². The number of hydrogen-bond acceptors (Lipinski definition) is 4. The number of phenols is 1. The van der Waals surface area contributed by atoms with E-state index in [2.05, 4.69) is 27.0 Å². The number of rotatable bonds is 5. The molecule has 1 fully saturated rings. The molecule has 0 saturated carbocycles. The van der Waals surface area contributed by atoms with Crippen LogP contribution in [0.1, 0.15) is 5.56 Å². The maximum atomic E-state index is 10.0. The van der Waals surface area contributed by atoms with E-state index in [4.69, 9.17) is 4.74 Å². The lowest BCUT2D eigenvalue weighted by atomic mass is 10.2. The summed E-state index contributed by atoms with van der Waals surface area (Å²) in [7, 11) is 1.80. The number of nitrogens with one attached hydrogen (secondary N) is 1. The highest BCUT2D eigenvalue weighted by Crippen LogP contribution is 2.27. The Kier molecular flexibility index (Phi) is 6.41. The van der Waals surface area contributed by atoms with Crippen LogP contribution in [0.4, 0.5) is 5.69 Å².